The van der Waals surface area contributed by atoms with Crippen molar-refractivity contribution in [3.63, 3.8) is 0 Å². The van der Waals surface area contributed by atoms with Crippen LogP contribution in [0.15, 0.2) is 30.3 Å². The zero-order valence-electron chi connectivity index (χ0n) is 12.7. The van der Waals surface area contributed by atoms with E-state index in [0.717, 1.165) is 5.56 Å². The first-order valence-corrected chi connectivity index (χ1v) is 7.74. The highest BCUT2D eigenvalue weighted by Gasteiger charge is 2.63. The number of carbonyl (C=O) groups is 1. The molecule has 22 heavy (non-hydrogen) atoms. The van der Waals surface area contributed by atoms with Crippen LogP contribution in [0.3, 0.4) is 0 Å². The number of hydrogen-bond donors (Lipinski definition) is 0. The van der Waals surface area contributed by atoms with Gasteiger partial charge in [0.2, 0.25) is 0 Å². The molecule has 0 bridgehead atoms. The van der Waals surface area contributed by atoms with Crippen LogP contribution < -0.4 is 0 Å². The van der Waals surface area contributed by atoms with Gasteiger partial charge < -0.3 is 18.9 Å². The molecule has 3 fully saturated rings. The maximum Gasteiger partial charge on any atom is 0.306 e. The zero-order chi connectivity index (χ0) is 15.3. The summed E-state index contributed by atoms with van der Waals surface area (Å²) in [6.45, 7) is 4.26. The Kier molecular flexibility index (Phi) is 3.25. The van der Waals surface area contributed by atoms with E-state index in [1.54, 1.807) is 0 Å². The third kappa shape index (κ3) is 2.33. The first kappa shape index (κ1) is 14.2. The molecule has 4 rings (SSSR count). The smallest absolute Gasteiger partial charge is 0.306 e. The fraction of sp³-hybridized carbons (Fsp3) is 0.588. The van der Waals surface area contributed by atoms with Gasteiger partial charge in [-0.1, -0.05) is 30.3 Å². The topological polar surface area (TPSA) is 54.0 Å². The van der Waals surface area contributed by atoms with Gasteiger partial charge in [0, 0.05) is 5.92 Å². The van der Waals surface area contributed by atoms with Crippen molar-refractivity contribution in [3.8, 4) is 0 Å². The number of hydrogen-bond acceptors (Lipinski definition) is 5. The van der Waals surface area contributed by atoms with Crippen molar-refractivity contribution in [3.05, 3.63) is 35.9 Å². The van der Waals surface area contributed by atoms with Crippen molar-refractivity contribution in [2.24, 2.45) is 5.92 Å². The molecule has 0 unspecified atom stereocenters. The van der Waals surface area contributed by atoms with Crippen molar-refractivity contribution >= 4 is 5.97 Å². The number of rotatable bonds is 3. The lowest BCUT2D eigenvalue weighted by Crippen LogP contribution is -2.37. The van der Waals surface area contributed by atoms with Crippen LogP contribution in [-0.4, -0.2) is 36.2 Å². The molecule has 1 aromatic carbocycles. The van der Waals surface area contributed by atoms with Gasteiger partial charge in [-0.25, -0.2) is 0 Å². The van der Waals surface area contributed by atoms with Crippen LogP contribution in [0.1, 0.15) is 25.8 Å². The summed E-state index contributed by atoms with van der Waals surface area (Å²) in [6.07, 6.45) is -0.462. The molecule has 0 radical (unpaired) electrons. The third-order valence-corrected chi connectivity index (χ3v) is 4.61. The van der Waals surface area contributed by atoms with E-state index < -0.39 is 5.79 Å². The molecule has 1 aliphatic carbocycles. The predicted octanol–water partition coefficient (Wildman–Crippen LogP) is 2.04. The zero-order valence-corrected chi connectivity index (χ0v) is 12.7. The van der Waals surface area contributed by atoms with Crippen LogP contribution in [0.4, 0.5) is 0 Å². The van der Waals surface area contributed by atoms with Crippen molar-refractivity contribution in [1.82, 2.24) is 0 Å². The number of ether oxygens (including phenoxy) is 4. The fourth-order valence-corrected chi connectivity index (χ4v) is 3.76. The third-order valence-electron chi connectivity index (χ3n) is 4.61. The molecular formula is C17H20O5. The largest absolute Gasteiger partial charge is 0.459 e. The molecule has 2 aliphatic heterocycles. The fourth-order valence-electron chi connectivity index (χ4n) is 3.76. The summed E-state index contributed by atoms with van der Waals surface area (Å²) in [5.41, 5.74) is 1.09. The van der Waals surface area contributed by atoms with Crippen molar-refractivity contribution in [1.29, 1.82) is 0 Å². The van der Waals surface area contributed by atoms with Gasteiger partial charge in [0.05, 0.1) is 19.1 Å². The maximum atomic E-state index is 11.7. The van der Waals surface area contributed by atoms with E-state index in [0.29, 0.717) is 13.0 Å². The lowest BCUT2D eigenvalue weighted by Gasteiger charge is -2.26. The van der Waals surface area contributed by atoms with Crippen LogP contribution in [0.25, 0.3) is 0 Å². The van der Waals surface area contributed by atoms with Crippen molar-refractivity contribution in [2.75, 3.05) is 0 Å². The number of benzene rings is 1. The molecule has 0 amide bonds. The van der Waals surface area contributed by atoms with Crippen LogP contribution in [0.2, 0.25) is 0 Å². The Morgan fingerprint density at radius 3 is 2.64 bits per heavy atom. The second-order valence-corrected chi connectivity index (χ2v) is 6.65. The highest BCUT2D eigenvalue weighted by atomic mass is 16.8. The SMILES string of the molecule is CC1(C)O[C@@H]2[C@@H](OCc3ccccc3)[C@@H]3OC(=O)C[C@@H]3[C@@H]2O1. The lowest BCUT2D eigenvalue weighted by molar-refractivity contribution is -0.187. The van der Waals surface area contributed by atoms with E-state index in [1.165, 1.54) is 0 Å². The van der Waals surface area contributed by atoms with Crippen molar-refractivity contribution < 1.29 is 23.7 Å². The number of fused-ring (bicyclic) bond motifs is 3. The molecule has 2 heterocycles. The number of esters is 1. The summed E-state index contributed by atoms with van der Waals surface area (Å²) in [5, 5.41) is 0. The average Bonchev–Trinajstić information content (AvgIpc) is 3.06. The second kappa shape index (κ2) is 5.05. The summed E-state index contributed by atoms with van der Waals surface area (Å²) in [4.78, 5) is 11.7. The Morgan fingerprint density at radius 2 is 1.86 bits per heavy atom. The highest BCUT2D eigenvalue weighted by molar-refractivity contribution is 5.72. The highest BCUT2D eigenvalue weighted by Crippen LogP contribution is 2.48. The Labute approximate surface area is 129 Å². The van der Waals surface area contributed by atoms with Gasteiger partial charge in [-0.05, 0) is 19.4 Å². The summed E-state index contributed by atoms with van der Waals surface area (Å²) in [6, 6.07) is 9.96. The molecule has 5 atom stereocenters. The molecule has 118 valence electrons. The van der Waals surface area contributed by atoms with Gasteiger partial charge in [-0.15, -0.1) is 0 Å². The monoisotopic (exact) mass is 304 g/mol. The Balaban J connectivity index is 1.53. The Bertz CT molecular complexity index is 570. The van der Waals surface area contributed by atoms with Gasteiger partial charge in [0.15, 0.2) is 5.79 Å². The molecule has 5 heteroatoms. The van der Waals surface area contributed by atoms with E-state index in [1.807, 2.05) is 44.2 Å². The Morgan fingerprint density at radius 1 is 1.14 bits per heavy atom. The molecule has 5 nitrogen and oxygen atoms in total. The molecule has 0 aromatic heterocycles. The summed E-state index contributed by atoms with van der Waals surface area (Å²) < 4.78 is 23.5. The van der Waals surface area contributed by atoms with Crippen LogP contribution in [0, 0.1) is 5.92 Å². The standard InChI is InChI=1S/C17H20O5/c1-17(2)21-14-11-8-12(18)20-13(11)15(16(14)22-17)19-9-10-6-4-3-5-7-10/h3-7,11,13-16H,8-9H2,1-2H3/t11-,13+,14-,15-,16-/m0/s1. The summed E-state index contributed by atoms with van der Waals surface area (Å²) in [5.74, 6) is -0.782. The van der Waals surface area contributed by atoms with Gasteiger partial charge in [0.25, 0.3) is 0 Å². The number of carbonyl (C=O) groups excluding carboxylic acids is 1. The Hall–Kier alpha value is -1.43. The van der Waals surface area contributed by atoms with E-state index in [-0.39, 0.29) is 36.3 Å². The normalized spacial score (nSPS) is 38.6. The summed E-state index contributed by atoms with van der Waals surface area (Å²) in [7, 11) is 0. The molecular weight excluding hydrogens is 284 g/mol. The summed E-state index contributed by atoms with van der Waals surface area (Å²) >= 11 is 0. The molecule has 1 saturated carbocycles. The van der Waals surface area contributed by atoms with Crippen molar-refractivity contribution in [2.45, 2.75) is 57.1 Å². The minimum absolute atomic E-state index is 0.0278. The molecule has 0 N–H and O–H groups in total. The van der Waals surface area contributed by atoms with Gasteiger partial charge in [-0.3, -0.25) is 4.79 Å². The average molecular weight is 304 g/mol. The minimum Gasteiger partial charge on any atom is -0.459 e. The second-order valence-electron chi connectivity index (χ2n) is 6.65. The predicted molar refractivity (Wildman–Crippen MR) is 76.8 cm³/mol. The van der Waals surface area contributed by atoms with Crippen LogP contribution >= 0.6 is 0 Å². The molecule has 0 spiro atoms. The van der Waals surface area contributed by atoms with E-state index in [4.69, 9.17) is 18.9 Å². The first-order chi connectivity index (χ1) is 10.5. The van der Waals surface area contributed by atoms with Gasteiger partial charge in [0.1, 0.15) is 18.3 Å². The van der Waals surface area contributed by atoms with Gasteiger partial charge >= 0.3 is 5.97 Å². The van der Waals surface area contributed by atoms with Crippen LogP contribution in [-0.2, 0) is 30.3 Å². The van der Waals surface area contributed by atoms with Crippen LogP contribution in [0.5, 0.6) is 0 Å². The van der Waals surface area contributed by atoms with E-state index in [2.05, 4.69) is 0 Å². The van der Waals surface area contributed by atoms with E-state index >= 15 is 0 Å². The molecule has 1 aromatic rings. The molecule has 2 saturated heterocycles. The quantitative estimate of drug-likeness (QED) is 0.800. The molecule has 3 aliphatic rings. The first-order valence-electron chi connectivity index (χ1n) is 7.74. The van der Waals surface area contributed by atoms with E-state index in [9.17, 15) is 4.79 Å². The maximum absolute atomic E-state index is 11.7. The van der Waals surface area contributed by atoms with Gasteiger partial charge in [-0.2, -0.15) is 0 Å². The minimum atomic E-state index is -0.639. The lowest BCUT2D eigenvalue weighted by atomic mass is 10.0.